The quantitative estimate of drug-likeness (QED) is 0.502. The van der Waals surface area contributed by atoms with Crippen LogP contribution in [0, 0.1) is 18.8 Å². The Bertz CT molecular complexity index is 664. The van der Waals surface area contributed by atoms with Crippen LogP contribution in [0.4, 0.5) is 5.69 Å². The van der Waals surface area contributed by atoms with Gasteiger partial charge in [-0.1, -0.05) is 17.9 Å². The number of nitrogens with one attached hydrogen (secondary N) is 1. The van der Waals surface area contributed by atoms with Gasteiger partial charge in [-0.25, -0.2) is 0 Å². The summed E-state index contributed by atoms with van der Waals surface area (Å²) in [5.41, 5.74) is 2.01. The van der Waals surface area contributed by atoms with E-state index in [0.717, 1.165) is 5.56 Å². The number of amides is 1. The zero-order valence-corrected chi connectivity index (χ0v) is 11.2. The molecule has 1 aromatic carbocycles. The molecule has 0 aliphatic carbocycles. The molecular weight excluding hydrogens is 258 g/mol. The molecule has 0 saturated heterocycles. The molecule has 1 amide bonds. The molecule has 5 heteroatoms. The van der Waals surface area contributed by atoms with Gasteiger partial charge in [-0.3, -0.25) is 14.4 Å². The Balaban J connectivity index is 2.32. The van der Waals surface area contributed by atoms with E-state index >= 15 is 0 Å². The smallest absolute Gasteiger partial charge is 0.317 e. The predicted octanol–water partition coefficient (Wildman–Crippen LogP) is 1.43. The number of ketones is 1. The fourth-order valence-electron chi connectivity index (χ4n) is 1.92. The summed E-state index contributed by atoms with van der Waals surface area (Å²) in [6, 6.07) is 3.44. The van der Waals surface area contributed by atoms with E-state index in [1.54, 1.807) is 26.0 Å². The maximum Gasteiger partial charge on any atom is 0.317 e. The Labute approximate surface area is 116 Å². The number of hydrogen-bond donors (Lipinski definition) is 1. The number of carbonyl (C=O) groups excluding carboxylic acids is 3. The van der Waals surface area contributed by atoms with E-state index in [2.05, 4.69) is 17.2 Å². The molecule has 102 valence electrons. The van der Waals surface area contributed by atoms with Crippen molar-refractivity contribution in [2.24, 2.45) is 0 Å². The normalized spacial score (nSPS) is 12.3. The van der Waals surface area contributed by atoms with Gasteiger partial charge in [0.15, 0.2) is 0 Å². The highest BCUT2D eigenvalue weighted by molar-refractivity contribution is 6.52. The number of benzene rings is 1. The summed E-state index contributed by atoms with van der Waals surface area (Å²) in [5.74, 6) is 3.81. The molecule has 1 aliphatic rings. The Morgan fingerprint density at radius 1 is 1.35 bits per heavy atom. The number of fused-ring (bicyclic) bond motifs is 1. The monoisotopic (exact) mass is 271 g/mol. The highest BCUT2D eigenvalue weighted by Crippen LogP contribution is 2.28. The van der Waals surface area contributed by atoms with E-state index in [1.165, 1.54) is 0 Å². The van der Waals surface area contributed by atoms with Crippen LogP contribution < -0.4 is 5.32 Å². The van der Waals surface area contributed by atoms with Crippen LogP contribution in [-0.2, 0) is 14.3 Å². The van der Waals surface area contributed by atoms with Crippen molar-refractivity contribution in [1.29, 1.82) is 0 Å². The van der Waals surface area contributed by atoms with Gasteiger partial charge >= 0.3 is 5.97 Å². The van der Waals surface area contributed by atoms with Gasteiger partial charge in [-0.05, 0) is 25.5 Å². The number of hydrogen-bond acceptors (Lipinski definition) is 4. The second-order valence-corrected chi connectivity index (χ2v) is 4.25. The Hall–Kier alpha value is -2.61. The SMILES string of the molecule is CCOC(=O)CC#Cc1c(C)ccc2c1C(=O)C(=O)N2. The number of ether oxygens (including phenoxy) is 1. The van der Waals surface area contributed by atoms with Crippen LogP contribution in [-0.4, -0.2) is 24.3 Å². The van der Waals surface area contributed by atoms with Crippen LogP contribution in [0.15, 0.2) is 12.1 Å². The van der Waals surface area contributed by atoms with Crippen LogP contribution in [0.5, 0.6) is 0 Å². The lowest BCUT2D eigenvalue weighted by Gasteiger charge is -2.03. The largest absolute Gasteiger partial charge is 0.465 e. The van der Waals surface area contributed by atoms with Gasteiger partial charge in [0, 0.05) is 5.56 Å². The third-order valence-corrected chi connectivity index (χ3v) is 2.85. The first-order valence-corrected chi connectivity index (χ1v) is 6.18. The third-order valence-electron chi connectivity index (χ3n) is 2.85. The summed E-state index contributed by atoms with van der Waals surface area (Å²) in [7, 11) is 0. The van der Waals surface area contributed by atoms with Gasteiger partial charge in [-0.15, -0.1) is 0 Å². The number of esters is 1. The van der Waals surface area contributed by atoms with Crippen molar-refractivity contribution in [3.8, 4) is 11.8 Å². The molecule has 5 nitrogen and oxygen atoms in total. The zero-order chi connectivity index (χ0) is 14.7. The summed E-state index contributed by atoms with van der Waals surface area (Å²) >= 11 is 0. The summed E-state index contributed by atoms with van der Waals surface area (Å²) < 4.78 is 4.77. The van der Waals surface area contributed by atoms with Crippen molar-refractivity contribution in [1.82, 2.24) is 0 Å². The van der Waals surface area contributed by atoms with Crippen molar-refractivity contribution >= 4 is 23.3 Å². The van der Waals surface area contributed by atoms with E-state index in [9.17, 15) is 14.4 Å². The highest BCUT2D eigenvalue weighted by Gasteiger charge is 2.30. The van der Waals surface area contributed by atoms with Gasteiger partial charge in [0.1, 0.15) is 6.42 Å². The Morgan fingerprint density at radius 3 is 2.80 bits per heavy atom. The fourth-order valence-corrected chi connectivity index (χ4v) is 1.92. The Morgan fingerprint density at radius 2 is 2.10 bits per heavy atom. The minimum atomic E-state index is -0.654. The maximum atomic E-state index is 11.8. The molecule has 1 N–H and O–H groups in total. The van der Waals surface area contributed by atoms with Crippen molar-refractivity contribution in [3.63, 3.8) is 0 Å². The van der Waals surface area contributed by atoms with Gasteiger partial charge in [0.2, 0.25) is 0 Å². The molecule has 0 fully saturated rings. The second-order valence-electron chi connectivity index (χ2n) is 4.25. The number of Topliss-reactive ketones (excluding diaryl/α,β-unsaturated/α-hetero) is 1. The minimum Gasteiger partial charge on any atom is -0.465 e. The lowest BCUT2D eigenvalue weighted by molar-refractivity contribution is -0.141. The summed E-state index contributed by atoms with van der Waals surface area (Å²) in [5, 5.41) is 2.49. The first-order valence-electron chi connectivity index (χ1n) is 6.18. The second kappa shape index (κ2) is 5.57. The van der Waals surface area contributed by atoms with Gasteiger partial charge in [0.05, 0.1) is 17.9 Å². The van der Waals surface area contributed by atoms with Crippen LogP contribution in [0.3, 0.4) is 0 Å². The molecular formula is C15H13NO4. The highest BCUT2D eigenvalue weighted by atomic mass is 16.5. The van der Waals surface area contributed by atoms with E-state index < -0.39 is 17.7 Å². The Kier molecular flexibility index (Phi) is 3.85. The topological polar surface area (TPSA) is 72.5 Å². The molecule has 0 radical (unpaired) electrons. The molecule has 1 heterocycles. The minimum absolute atomic E-state index is 0.0491. The van der Waals surface area contributed by atoms with Gasteiger partial charge < -0.3 is 10.1 Å². The number of aryl methyl sites for hydroxylation is 1. The van der Waals surface area contributed by atoms with Crippen LogP contribution in [0.2, 0.25) is 0 Å². The number of rotatable bonds is 2. The van der Waals surface area contributed by atoms with E-state index in [1.807, 2.05) is 0 Å². The van der Waals surface area contributed by atoms with Crippen LogP contribution in [0.1, 0.15) is 34.8 Å². The fraction of sp³-hybridized carbons (Fsp3) is 0.267. The van der Waals surface area contributed by atoms with E-state index in [4.69, 9.17) is 4.74 Å². The lowest BCUT2D eigenvalue weighted by Crippen LogP contribution is -2.13. The van der Waals surface area contributed by atoms with Crippen molar-refractivity contribution in [2.75, 3.05) is 11.9 Å². The first kappa shape index (κ1) is 13.8. The average Bonchev–Trinajstić information content (AvgIpc) is 2.69. The molecule has 0 aromatic heterocycles. The number of carbonyl (C=O) groups is 3. The van der Waals surface area contributed by atoms with Crippen molar-refractivity contribution in [3.05, 3.63) is 28.8 Å². The molecule has 0 saturated carbocycles. The van der Waals surface area contributed by atoms with Crippen molar-refractivity contribution < 1.29 is 19.1 Å². The molecule has 0 spiro atoms. The lowest BCUT2D eigenvalue weighted by atomic mass is 9.99. The molecule has 0 atom stereocenters. The molecule has 2 rings (SSSR count). The maximum absolute atomic E-state index is 11.8. The zero-order valence-electron chi connectivity index (χ0n) is 11.2. The van der Waals surface area contributed by atoms with Crippen LogP contribution in [0.25, 0.3) is 0 Å². The molecule has 0 unspecified atom stereocenters. The third kappa shape index (κ3) is 2.54. The molecule has 0 bridgehead atoms. The molecule has 20 heavy (non-hydrogen) atoms. The van der Waals surface area contributed by atoms with Gasteiger partial charge in [-0.2, -0.15) is 0 Å². The van der Waals surface area contributed by atoms with Crippen molar-refractivity contribution in [2.45, 2.75) is 20.3 Å². The van der Waals surface area contributed by atoms with Gasteiger partial charge in [0.25, 0.3) is 11.7 Å². The van der Waals surface area contributed by atoms with E-state index in [0.29, 0.717) is 17.9 Å². The molecule has 1 aromatic rings. The van der Waals surface area contributed by atoms with Crippen LogP contribution >= 0.6 is 0 Å². The summed E-state index contributed by atoms with van der Waals surface area (Å²) in [6.45, 7) is 3.82. The summed E-state index contributed by atoms with van der Waals surface area (Å²) in [6.07, 6.45) is -0.0491. The predicted molar refractivity (Wildman–Crippen MR) is 72.3 cm³/mol. The number of anilines is 1. The standard InChI is InChI=1S/C15H13NO4/c1-3-20-12(17)6-4-5-10-9(2)7-8-11-13(10)14(18)15(19)16-11/h7-8H,3,6H2,1-2H3,(H,16,18,19). The molecule has 1 aliphatic heterocycles. The average molecular weight is 271 g/mol. The summed E-state index contributed by atoms with van der Waals surface area (Å²) in [4.78, 5) is 34.4. The first-order chi connectivity index (χ1) is 9.54. The van der Waals surface area contributed by atoms with E-state index in [-0.39, 0.29) is 12.0 Å².